The van der Waals surface area contributed by atoms with Crippen LogP contribution in [-0.2, 0) is 17.9 Å². The average molecular weight is 285 g/mol. The topological polar surface area (TPSA) is 46.1 Å². The zero-order chi connectivity index (χ0) is 15.2. The highest BCUT2D eigenvalue weighted by atomic mass is 16.1. The maximum absolute atomic E-state index is 11.1. The smallest absolute Gasteiger partial charge is 0.221 e. The first-order chi connectivity index (χ1) is 10.1. The third-order valence-corrected chi connectivity index (χ3v) is 3.33. The molecule has 4 heteroatoms. The Balaban J connectivity index is 2.02. The lowest BCUT2D eigenvalue weighted by Crippen LogP contribution is -2.07. The van der Waals surface area contributed by atoms with Crippen LogP contribution in [0, 0.1) is 6.92 Å². The van der Waals surface area contributed by atoms with Crippen LogP contribution in [0.5, 0.6) is 0 Å². The number of aryl methyl sites for hydroxylation is 2. The summed E-state index contributed by atoms with van der Waals surface area (Å²) in [7, 11) is 0. The van der Waals surface area contributed by atoms with Gasteiger partial charge >= 0.3 is 0 Å². The average Bonchev–Trinajstić information content (AvgIpc) is 2.87. The van der Waals surface area contributed by atoms with Gasteiger partial charge in [-0.15, -0.1) is 0 Å². The molecule has 1 aromatic heterocycles. The molecule has 0 atom stereocenters. The fraction of sp³-hybridized carbons (Fsp3) is 0.353. The number of nitrogens with zero attached hydrogens (tertiary/aromatic N) is 1. The van der Waals surface area contributed by atoms with E-state index < -0.39 is 0 Å². The fourth-order valence-electron chi connectivity index (χ4n) is 2.28. The van der Waals surface area contributed by atoms with E-state index in [1.54, 1.807) is 0 Å². The molecule has 0 unspecified atom stereocenters. The number of carbonyl (C=O) groups is 1. The first-order valence-corrected chi connectivity index (χ1v) is 7.35. The SMILES string of the molecule is CCCn1ccc(CNc2cc(NC(C)=O)ccc2C)c1. The van der Waals surface area contributed by atoms with Crippen molar-refractivity contribution in [3.63, 3.8) is 0 Å². The van der Waals surface area contributed by atoms with E-state index in [9.17, 15) is 4.79 Å². The van der Waals surface area contributed by atoms with Gasteiger partial charge in [0.2, 0.25) is 5.91 Å². The summed E-state index contributed by atoms with van der Waals surface area (Å²) >= 11 is 0. The number of amides is 1. The van der Waals surface area contributed by atoms with Crippen LogP contribution >= 0.6 is 0 Å². The Morgan fingerprint density at radius 1 is 1.29 bits per heavy atom. The molecule has 0 radical (unpaired) electrons. The van der Waals surface area contributed by atoms with Crippen molar-refractivity contribution in [2.75, 3.05) is 10.6 Å². The van der Waals surface area contributed by atoms with Gasteiger partial charge < -0.3 is 15.2 Å². The molecule has 2 N–H and O–H groups in total. The number of benzene rings is 1. The van der Waals surface area contributed by atoms with Gasteiger partial charge in [-0.3, -0.25) is 4.79 Å². The van der Waals surface area contributed by atoms with Gasteiger partial charge in [-0.2, -0.15) is 0 Å². The van der Waals surface area contributed by atoms with Gasteiger partial charge in [-0.25, -0.2) is 0 Å². The van der Waals surface area contributed by atoms with Crippen molar-refractivity contribution < 1.29 is 4.79 Å². The van der Waals surface area contributed by atoms with Crippen LogP contribution in [0.15, 0.2) is 36.7 Å². The van der Waals surface area contributed by atoms with Crippen molar-refractivity contribution in [2.45, 2.75) is 40.3 Å². The van der Waals surface area contributed by atoms with Crippen molar-refractivity contribution in [1.82, 2.24) is 4.57 Å². The molecule has 4 nitrogen and oxygen atoms in total. The largest absolute Gasteiger partial charge is 0.381 e. The standard InChI is InChI=1S/C17H23N3O/c1-4-8-20-9-7-15(12-20)11-18-17-10-16(19-14(3)21)6-5-13(17)2/h5-7,9-10,12,18H,4,8,11H2,1-3H3,(H,19,21). The molecule has 0 saturated heterocycles. The van der Waals surface area contributed by atoms with Crippen molar-refractivity contribution >= 4 is 17.3 Å². The number of carbonyl (C=O) groups excluding carboxylic acids is 1. The summed E-state index contributed by atoms with van der Waals surface area (Å²) in [6.07, 6.45) is 5.42. The third-order valence-electron chi connectivity index (χ3n) is 3.33. The van der Waals surface area contributed by atoms with Gasteiger partial charge in [-0.1, -0.05) is 13.0 Å². The Bertz CT molecular complexity index is 616. The molecule has 1 aromatic carbocycles. The summed E-state index contributed by atoms with van der Waals surface area (Å²) in [4.78, 5) is 11.1. The van der Waals surface area contributed by atoms with Gasteiger partial charge in [0.1, 0.15) is 0 Å². The molecule has 2 rings (SSSR count). The Kier molecular flexibility index (Phi) is 5.04. The van der Waals surface area contributed by atoms with Crippen LogP contribution in [0.1, 0.15) is 31.4 Å². The lowest BCUT2D eigenvalue weighted by molar-refractivity contribution is -0.114. The lowest BCUT2D eigenvalue weighted by atomic mass is 10.1. The van der Waals surface area contributed by atoms with Crippen LogP contribution in [0.3, 0.4) is 0 Å². The number of aromatic nitrogens is 1. The Labute approximate surface area is 126 Å². The molecule has 21 heavy (non-hydrogen) atoms. The van der Waals surface area contributed by atoms with Gasteiger partial charge in [0.05, 0.1) is 0 Å². The van der Waals surface area contributed by atoms with Crippen LogP contribution in [0.25, 0.3) is 0 Å². The summed E-state index contributed by atoms with van der Waals surface area (Å²) in [6, 6.07) is 8.03. The minimum absolute atomic E-state index is 0.0542. The quantitative estimate of drug-likeness (QED) is 0.848. The van der Waals surface area contributed by atoms with E-state index >= 15 is 0 Å². The van der Waals surface area contributed by atoms with Gasteiger partial charge in [0, 0.05) is 43.8 Å². The highest BCUT2D eigenvalue weighted by Gasteiger charge is 2.03. The summed E-state index contributed by atoms with van der Waals surface area (Å²) < 4.78 is 2.21. The first-order valence-electron chi connectivity index (χ1n) is 7.35. The van der Waals surface area contributed by atoms with Crippen LogP contribution in [-0.4, -0.2) is 10.5 Å². The monoisotopic (exact) mass is 285 g/mol. The minimum Gasteiger partial charge on any atom is -0.381 e. The highest BCUT2D eigenvalue weighted by molar-refractivity contribution is 5.89. The minimum atomic E-state index is -0.0542. The Morgan fingerprint density at radius 2 is 2.10 bits per heavy atom. The molecule has 0 bridgehead atoms. The molecule has 2 aromatic rings. The molecule has 0 aliphatic rings. The molecule has 112 valence electrons. The Hall–Kier alpha value is -2.23. The van der Waals surface area contributed by atoms with Gasteiger partial charge in [0.15, 0.2) is 0 Å². The van der Waals surface area contributed by atoms with Crippen LogP contribution in [0.2, 0.25) is 0 Å². The molecule has 1 amide bonds. The molecule has 0 aliphatic heterocycles. The first kappa shape index (κ1) is 15.2. The molecule has 0 fully saturated rings. The second kappa shape index (κ2) is 6.97. The number of rotatable bonds is 6. The summed E-state index contributed by atoms with van der Waals surface area (Å²) in [5.41, 5.74) is 4.29. The van der Waals surface area contributed by atoms with E-state index in [2.05, 4.69) is 47.5 Å². The second-order valence-corrected chi connectivity index (χ2v) is 5.32. The summed E-state index contributed by atoms with van der Waals surface area (Å²) in [6.45, 7) is 7.58. The molecule has 0 aliphatic carbocycles. The third kappa shape index (κ3) is 4.38. The maximum Gasteiger partial charge on any atom is 0.221 e. The van der Waals surface area contributed by atoms with Crippen molar-refractivity contribution in [3.8, 4) is 0 Å². The zero-order valence-corrected chi connectivity index (χ0v) is 12.9. The van der Waals surface area contributed by atoms with E-state index in [4.69, 9.17) is 0 Å². The number of anilines is 2. The fourth-order valence-corrected chi connectivity index (χ4v) is 2.28. The lowest BCUT2D eigenvalue weighted by Gasteiger charge is -2.11. The van der Waals surface area contributed by atoms with E-state index in [1.165, 1.54) is 12.5 Å². The van der Waals surface area contributed by atoms with E-state index in [1.807, 2.05) is 18.2 Å². The normalized spacial score (nSPS) is 10.4. The highest BCUT2D eigenvalue weighted by Crippen LogP contribution is 2.21. The predicted octanol–water partition coefficient (Wildman–Crippen LogP) is 3.78. The Morgan fingerprint density at radius 3 is 2.81 bits per heavy atom. The summed E-state index contributed by atoms with van der Waals surface area (Å²) in [5, 5.41) is 6.24. The van der Waals surface area contributed by atoms with Crippen LogP contribution in [0.4, 0.5) is 11.4 Å². The number of hydrogen-bond donors (Lipinski definition) is 2. The summed E-state index contributed by atoms with van der Waals surface area (Å²) in [5.74, 6) is -0.0542. The molecule has 1 heterocycles. The molecular weight excluding hydrogens is 262 g/mol. The van der Waals surface area contributed by atoms with Crippen molar-refractivity contribution in [1.29, 1.82) is 0 Å². The molecular formula is C17H23N3O. The predicted molar refractivity (Wildman–Crippen MR) is 87.5 cm³/mol. The van der Waals surface area contributed by atoms with Crippen LogP contribution < -0.4 is 10.6 Å². The number of nitrogens with one attached hydrogen (secondary N) is 2. The van der Waals surface area contributed by atoms with Crippen molar-refractivity contribution in [3.05, 3.63) is 47.8 Å². The van der Waals surface area contributed by atoms with E-state index in [0.29, 0.717) is 0 Å². The number of hydrogen-bond acceptors (Lipinski definition) is 2. The van der Waals surface area contributed by atoms with E-state index in [0.717, 1.165) is 36.4 Å². The zero-order valence-electron chi connectivity index (χ0n) is 12.9. The molecule has 0 saturated carbocycles. The van der Waals surface area contributed by atoms with Gasteiger partial charge in [-0.05, 0) is 42.7 Å². The maximum atomic E-state index is 11.1. The van der Waals surface area contributed by atoms with E-state index in [-0.39, 0.29) is 5.91 Å². The van der Waals surface area contributed by atoms with Gasteiger partial charge in [0.25, 0.3) is 0 Å². The van der Waals surface area contributed by atoms with Crippen molar-refractivity contribution in [2.24, 2.45) is 0 Å². The molecule has 0 spiro atoms. The second-order valence-electron chi connectivity index (χ2n) is 5.32.